The van der Waals surface area contributed by atoms with E-state index in [1.54, 1.807) is 13.2 Å². The Labute approximate surface area is 151 Å². The van der Waals surface area contributed by atoms with Crippen molar-refractivity contribution in [2.45, 2.75) is 13.8 Å². The molecule has 0 spiro atoms. The van der Waals surface area contributed by atoms with Gasteiger partial charge in [0, 0.05) is 10.8 Å². The van der Waals surface area contributed by atoms with Crippen LogP contribution in [0.3, 0.4) is 0 Å². The number of aromatic nitrogens is 3. The maximum atomic E-state index is 6.03. The van der Waals surface area contributed by atoms with Gasteiger partial charge in [0.25, 0.3) is 0 Å². The number of pyridine rings is 1. The molecular weight excluding hydrogens is 334 g/mol. The minimum atomic E-state index is 0.414. The van der Waals surface area contributed by atoms with Crippen molar-refractivity contribution in [1.29, 1.82) is 0 Å². The first-order valence-corrected chi connectivity index (χ1v) is 8.32. The molecule has 0 atom stereocenters. The SMILES string of the molecule is C/C=c1/c(-c2cccc(OC)c2)nc(-c2cccc(Cl)n2)n/c1=C/C. The molecule has 0 fully saturated rings. The van der Waals surface area contributed by atoms with Gasteiger partial charge in [-0.1, -0.05) is 42.0 Å². The lowest BCUT2D eigenvalue weighted by molar-refractivity contribution is 0.415. The molecule has 0 aliphatic rings. The summed E-state index contributed by atoms with van der Waals surface area (Å²) in [5, 5.41) is 2.24. The number of hydrogen-bond acceptors (Lipinski definition) is 4. The van der Waals surface area contributed by atoms with Gasteiger partial charge in [-0.2, -0.15) is 0 Å². The molecule has 4 nitrogen and oxygen atoms in total. The summed E-state index contributed by atoms with van der Waals surface area (Å²) in [5.41, 5.74) is 2.44. The van der Waals surface area contributed by atoms with Crippen LogP contribution in [0.4, 0.5) is 0 Å². The third-order valence-corrected chi connectivity index (χ3v) is 4.04. The molecule has 0 bridgehead atoms. The van der Waals surface area contributed by atoms with Crippen molar-refractivity contribution >= 4 is 23.8 Å². The van der Waals surface area contributed by atoms with E-state index in [1.807, 2.05) is 62.4 Å². The van der Waals surface area contributed by atoms with Crippen LogP contribution in [-0.4, -0.2) is 22.1 Å². The predicted octanol–water partition coefficient (Wildman–Crippen LogP) is 3.47. The van der Waals surface area contributed by atoms with Gasteiger partial charge in [0.05, 0.1) is 18.2 Å². The number of methoxy groups -OCH3 is 1. The largest absolute Gasteiger partial charge is 0.497 e. The summed E-state index contributed by atoms with van der Waals surface area (Å²) in [6, 6.07) is 13.2. The molecule has 5 heteroatoms. The zero-order valence-corrected chi connectivity index (χ0v) is 15.1. The standard InChI is InChI=1S/C20H18ClN3O/c1-4-15-16(5-2)23-20(17-10-7-11-18(21)22-17)24-19(15)13-8-6-9-14(12-13)25-3/h4-12H,1-3H3/b15-4+,16-5+. The van der Waals surface area contributed by atoms with Crippen LogP contribution in [0.15, 0.2) is 42.5 Å². The van der Waals surface area contributed by atoms with Crippen molar-refractivity contribution in [3.63, 3.8) is 0 Å². The number of hydrogen-bond donors (Lipinski definition) is 0. The Bertz CT molecular complexity index is 1030. The lowest BCUT2D eigenvalue weighted by atomic mass is 10.1. The van der Waals surface area contributed by atoms with Crippen LogP contribution in [0, 0.1) is 0 Å². The van der Waals surface area contributed by atoms with Gasteiger partial charge < -0.3 is 4.74 Å². The molecule has 3 aromatic rings. The van der Waals surface area contributed by atoms with E-state index < -0.39 is 0 Å². The first-order chi connectivity index (χ1) is 12.2. The third-order valence-electron chi connectivity index (χ3n) is 3.82. The number of ether oxygens (including phenoxy) is 1. The fourth-order valence-electron chi connectivity index (χ4n) is 2.63. The molecule has 0 saturated heterocycles. The average Bonchev–Trinajstić information content (AvgIpc) is 2.66. The average molecular weight is 352 g/mol. The number of rotatable bonds is 3. The first kappa shape index (κ1) is 17.1. The van der Waals surface area contributed by atoms with Gasteiger partial charge in [-0.3, -0.25) is 0 Å². The summed E-state index contributed by atoms with van der Waals surface area (Å²) < 4.78 is 5.35. The molecule has 0 unspecified atom stereocenters. The van der Waals surface area contributed by atoms with Crippen LogP contribution in [0.25, 0.3) is 34.9 Å². The Morgan fingerprint density at radius 3 is 2.44 bits per heavy atom. The summed E-state index contributed by atoms with van der Waals surface area (Å²) in [7, 11) is 1.65. The van der Waals surface area contributed by atoms with E-state index in [1.165, 1.54) is 0 Å². The predicted molar refractivity (Wildman–Crippen MR) is 102 cm³/mol. The summed E-state index contributed by atoms with van der Waals surface area (Å²) >= 11 is 6.03. The lowest BCUT2D eigenvalue weighted by Gasteiger charge is -2.08. The number of benzene rings is 1. The van der Waals surface area contributed by atoms with Gasteiger partial charge in [-0.25, -0.2) is 15.0 Å². The highest BCUT2D eigenvalue weighted by molar-refractivity contribution is 6.29. The van der Waals surface area contributed by atoms with E-state index in [9.17, 15) is 0 Å². The molecule has 1 aromatic carbocycles. The Morgan fingerprint density at radius 2 is 1.76 bits per heavy atom. The zero-order chi connectivity index (χ0) is 17.8. The molecular formula is C20H18ClN3O. The van der Waals surface area contributed by atoms with Crippen molar-refractivity contribution in [1.82, 2.24) is 15.0 Å². The lowest BCUT2D eigenvalue weighted by Crippen LogP contribution is -2.31. The summed E-state index contributed by atoms with van der Waals surface area (Å²) in [6.45, 7) is 3.94. The van der Waals surface area contributed by atoms with Crippen molar-refractivity contribution in [3.05, 3.63) is 58.2 Å². The molecule has 0 saturated carbocycles. The molecule has 0 N–H and O–H groups in total. The third kappa shape index (κ3) is 3.54. The van der Waals surface area contributed by atoms with Crippen molar-refractivity contribution < 1.29 is 4.74 Å². The van der Waals surface area contributed by atoms with Gasteiger partial charge >= 0.3 is 0 Å². The van der Waals surface area contributed by atoms with E-state index in [4.69, 9.17) is 21.3 Å². The van der Waals surface area contributed by atoms with Gasteiger partial charge in [0.15, 0.2) is 5.82 Å². The minimum Gasteiger partial charge on any atom is -0.497 e. The van der Waals surface area contributed by atoms with Crippen LogP contribution in [0.1, 0.15) is 13.8 Å². The summed E-state index contributed by atoms with van der Waals surface area (Å²) in [5.74, 6) is 1.32. The fourth-order valence-corrected chi connectivity index (χ4v) is 2.79. The number of nitrogens with zero attached hydrogens (tertiary/aromatic N) is 3. The van der Waals surface area contributed by atoms with Gasteiger partial charge in [-0.15, -0.1) is 0 Å². The quantitative estimate of drug-likeness (QED) is 0.678. The molecule has 0 radical (unpaired) electrons. The molecule has 126 valence electrons. The Balaban J connectivity index is 2.32. The van der Waals surface area contributed by atoms with E-state index in [-0.39, 0.29) is 0 Å². The van der Waals surface area contributed by atoms with Crippen LogP contribution in [0.2, 0.25) is 5.15 Å². The van der Waals surface area contributed by atoms with E-state index >= 15 is 0 Å². The maximum absolute atomic E-state index is 6.03. The van der Waals surface area contributed by atoms with E-state index in [2.05, 4.69) is 9.97 Å². The Kier molecular flexibility index (Phi) is 5.10. The highest BCUT2D eigenvalue weighted by Gasteiger charge is 2.10. The molecule has 2 aromatic heterocycles. The molecule has 0 amide bonds. The van der Waals surface area contributed by atoms with E-state index in [0.29, 0.717) is 16.7 Å². The summed E-state index contributed by atoms with van der Waals surface area (Å²) in [6.07, 6.45) is 3.98. The van der Waals surface area contributed by atoms with Crippen LogP contribution in [0.5, 0.6) is 5.75 Å². The maximum Gasteiger partial charge on any atom is 0.179 e. The van der Waals surface area contributed by atoms with Gasteiger partial charge in [-0.05, 0) is 38.1 Å². The molecule has 0 aliphatic carbocycles. The highest BCUT2D eigenvalue weighted by atomic mass is 35.5. The smallest absolute Gasteiger partial charge is 0.179 e. The molecule has 2 heterocycles. The first-order valence-electron chi connectivity index (χ1n) is 7.94. The minimum absolute atomic E-state index is 0.414. The zero-order valence-electron chi connectivity index (χ0n) is 14.3. The molecule has 25 heavy (non-hydrogen) atoms. The molecule has 0 aliphatic heterocycles. The second-order valence-electron chi connectivity index (χ2n) is 5.35. The van der Waals surface area contributed by atoms with Gasteiger partial charge in [0.1, 0.15) is 16.6 Å². The van der Waals surface area contributed by atoms with Crippen molar-refractivity contribution in [3.8, 4) is 28.5 Å². The second kappa shape index (κ2) is 7.45. The second-order valence-corrected chi connectivity index (χ2v) is 5.74. The highest BCUT2D eigenvalue weighted by Crippen LogP contribution is 2.21. The Morgan fingerprint density at radius 1 is 0.960 bits per heavy atom. The Hall–Kier alpha value is -2.72. The molecule has 3 rings (SSSR count). The van der Waals surface area contributed by atoms with Gasteiger partial charge in [0.2, 0.25) is 0 Å². The number of halogens is 1. The topological polar surface area (TPSA) is 47.9 Å². The van der Waals surface area contributed by atoms with E-state index in [0.717, 1.165) is 27.6 Å². The van der Waals surface area contributed by atoms with Crippen molar-refractivity contribution in [2.24, 2.45) is 0 Å². The monoisotopic (exact) mass is 351 g/mol. The fraction of sp³-hybridized carbons (Fsp3) is 0.150. The normalized spacial score (nSPS) is 12.5. The summed E-state index contributed by atoms with van der Waals surface area (Å²) in [4.78, 5) is 13.8. The van der Waals surface area contributed by atoms with Crippen LogP contribution in [-0.2, 0) is 0 Å². The van der Waals surface area contributed by atoms with Crippen LogP contribution >= 0.6 is 11.6 Å². The van der Waals surface area contributed by atoms with Crippen LogP contribution < -0.4 is 15.3 Å². The van der Waals surface area contributed by atoms with Crippen molar-refractivity contribution in [2.75, 3.05) is 7.11 Å².